The molecule has 0 bridgehead atoms. The summed E-state index contributed by atoms with van der Waals surface area (Å²) in [7, 11) is 0. The molecule has 1 heterocycles. The minimum Gasteiger partial charge on any atom is -0.198 e. The maximum atomic E-state index is 9.84. The van der Waals surface area contributed by atoms with Gasteiger partial charge >= 0.3 is 0 Å². The predicted molar refractivity (Wildman–Crippen MR) is 151 cm³/mol. The Kier molecular flexibility index (Phi) is 9.49. The van der Waals surface area contributed by atoms with Gasteiger partial charge in [0.2, 0.25) is 0 Å². The van der Waals surface area contributed by atoms with Crippen LogP contribution >= 0.6 is 23.5 Å². The Bertz CT molecular complexity index is 911. The molecule has 1 nitrogen and oxygen atoms in total. The van der Waals surface area contributed by atoms with E-state index in [-0.39, 0.29) is 5.41 Å². The summed E-state index contributed by atoms with van der Waals surface area (Å²) in [5.74, 6) is 4.13. The van der Waals surface area contributed by atoms with Gasteiger partial charge in [-0.2, -0.15) is 5.26 Å². The van der Waals surface area contributed by atoms with Crippen molar-refractivity contribution in [3.63, 3.8) is 0 Å². The zero-order chi connectivity index (χ0) is 23.8. The van der Waals surface area contributed by atoms with Crippen LogP contribution < -0.4 is 0 Å². The molecule has 2 aliphatic rings. The minimum absolute atomic E-state index is 0.0564. The molecule has 0 amide bonds. The molecule has 1 aliphatic heterocycles. The van der Waals surface area contributed by atoms with Gasteiger partial charge < -0.3 is 0 Å². The standard InChI is InChI=1S/C31H41NS2/c1-3-5-6-18-31(23-32)19-16-28(17-20-31)27-10-8-25(9-11-27)26-12-14-29(15-13-26)30-33-21-24(7-4-2)22-34-30/h8-15,24,28,30H,3-7,16-22H2,1-2H3. The fraction of sp³-hybridized carbons (Fsp3) is 0.581. The molecule has 1 aliphatic carbocycles. The van der Waals surface area contributed by atoms with Gasteiger partial charge in [0.1, 0.15) is 0 Å². The Morgan fingerprint density at radius 1 is 0.824 bits per heavy atom. The molecule has 0 atom stereocenters. The van der Waals surface area contributed by atoms with Crippen molar-refractivity contribution in [3.05, 3.63) is 59.7 Å². The van der Waals surface area contributed by atoms with Gasteiger partial charge in [-0.05, 0) is 84.1 Å². The number of unbranched alkanes of at least 4 members (excludes halogenated alkanes) is 2. The molecule has 3 heteroatoms. The summed E-state index contributed by atoms with van der Waals surface area (Å²) < 4.78 is 0.596. The summed E-state index contributed by atoms with van der Waals surface area (Å²) in [6, 6.07) is 21.3. The lowest BCUT2D eigenvalue weighted by molar-refractivity contribution is 0.223. The van der Waals surface area contributed by atoms with E-state index in [4.69, 9.17) is 0 Å². The van der Waals surface area contributed by atoms with Crippen molar-refractivity contribution in [2.45, 2.75) is 88.6 Å². The Hall–Kier alpha value is -1.37. The van der Waals surface area contributed by atoms with Crippen molar-refractivity contribution in [1.82, 2.24) is 0 Å². The molecular formula is C31H41NS2. The molecule has 1 saturated heterocycles. The molecule has 0 spiro atoms. The van der Waals surface area contributed by atoms with Crippen LogP contribution in [0, 0.1) is 22.7 Å². The smallest absolute Gasteiger partial charge is 0.0751 e. The fourth-order valence-electron chi connectivity index (χ4n) is 5.73. The first-order valence-corrected chi connectivity index (χ1v) is 15.6. The van der Waals surface area contributed by atoms with E-state index in [0.717, 1.165) is 38.0 Å². The third-order valence-corrected chi connectivity index (χ3v) is 11.3. The largest absolute Gasteiger partial charge is 0.198 e. The maximum Gasteiger partial charge on any atom is 0.0751 e. The molecule has 2 fully saturated rings. The highest BCUT2D eigenvalue weighted by Gasteiger charge is 2.35. The van der Waals surface area contributed by atoms with Crippen molar-refractivity contribution >= 4 is 23.5 Å². The Balaban J connectivity index is 1.32. The first kappa shape index (κ1) is 25.7. The fourth-order valence-corrected chi connectivity index (χ4v) is 8.89. The summed E-state index contributed by atoms with van der Waals surface area (Å²) in [4.78, 5) is 0. The first-order chi connectivity index (χ1) is 16.7. The summed E-state index contributed by atoms with van der Waals surface area (Å²) in [6.07, 6.45) is 11.9. The molecule has 2 aromatic carbocycles. The van der Waals surface area contributed by atoms with Gasteiger partial charge in [-0.15, -0.1) is 23.5 Å². The third-order valence-electron chi connectivity index (χ3n) is 8.00. The van der Waals surface area contributed by atoms with E-state index >= 15 is 0 Å². The molecule has 2 aromatic rings. The second-order valence-corrected chi connectivity index (χ2v) is 13.1. The quantitative estimate of drug-likeness (QED) is 0.326. The van der Waals surface area contributed by atoms with Crippen LogP contribution in [0.15, 0.2) is 48.5 Å². The molecule has 0 unspecified atom stereocenters. The van der Waals surface area contributed by atoms with Crippen molar-refractivity contribution in [2.75, 3.05) is 11.5 Å². The number of hydrogen-bond acceptors (Lipinski definition) is 3. The van der Waals surface area contributed by atoms with Crippen molar-refractivity contribution in [3.8, 4) is 17.2 Å². The number of thioether (sulfide) groups is 2. The van der Waals surface area contributed by atoms with E-state index in [9.17, 15) is 5.26 Å². The lowest BCUT2D eigenvalue weighted by atomic mass is 9.67. The van der Waals surface area contributed by atoms with Gasteiger partial charge in [0.15, 0.2) is 0 Å². The average molecular weight is 492 g/mol. The maximum absolute atomic E-state index is 9.84. The van der Waals surface area contributed by atoms with Crippen LogP contribution in [0.5, 0.6) is 0 Å². The Labute approximate surface area is 216 Å². The summed E-state index contributed by atoms with van der Waals surface area (Å²) in [6.45, 7) is 4.54. The molecule has 0 aromatic heterocycles. The van der Waals surface area contributed by atoms with Crippen molar-refractivity contribution in [1.29, 1.82) is 5.26 Å². The van der Waals surface area contributed by atoms with Crippen LogP contribution in [0.4, 0.5) is 0 Å². The number of nitriles is 1. The monoisotopic (exact) mass is 491 g/mol. The Morgan fingerprint density at radius 2 is 1.41 bits per heavy atom. The summed E-state index contributed by atoms with van der Waals surface area (Å²) >= 11 is 4.27. The SMILES string of the molecule is CCCCCC1(C#N)CCC(c2ccc(-c3ccc(C4SCC(CCC)CS4)cc3)cc2)CC1. The number of nitrogens with zero attached hydrogens (tertiary/aromatic N) is 1. The van der Waals surface area contributed by atoms with Crippen LogP contribution in [0.1, 0.15) is 99.7 Å². The molecule has 4 rings (SSSR count). The normalized spacial score (nSPS) is 27.3. The zero-order valence-corrected chi connectivity index (χ0v) is 22.7. The molecule has 34 heavy (non-hydrogen) atoms. The third kappa shape index (κ3) is 6.44. The molecule has 1 saturated carbocycles. The topological polar surface area (TPSA) is 23.8 Å². The number of rotatable bonds is 9. The van der Waals surface area contributed by atoms with Crippen LogP contribution in [-0.2, 0) is 0 Å². The highest BCUT2D eigenvalue weighted by atomic mass is 32.2. The minimum atomic E-state index is -0.0564. The van der Waals surface area contributed by atoms with Crippen LogP contribution in [-0.4, -0.2) is 11.5 Å². The van der Waals surface area contributed by atoms with Gasteiger partial charge in [-0.3, -0.25) is 0 Å². The second kappa shape index (κ2) is 12.5. The predicted octanol–water partition coefficient (Wildman–Crippen LogP) is 10.00. The van der Waals surface area contributed by atoms with Gasteiger partial charge in [0.05, 0.1) is 16.1 Å². The molecular weight excluding hydrogens is 450 g/mol. The second-order valence-electron chi connectivity index (χ2n) is 10.5. The first-order valence-electron chi connectivity index (χ1n) is 13.5. The zero-order valence-electron chi connectivity index (χ0n) is 21.1. The summed E-state index contributed by atoms with van der Waals surface area (Å²) in [5, 5.41) is 9.84. The van der Waals surface area contributed by atoms with E-state index < -0.39 is 0 Å². The van der Waals surface area contributed by atoms with Gasteiger partial charge in [0, 0.05) is 0 Å². The van der Waals surface area contributed by atoms with Crippen LogP contribution in [0.3, 0.4) is 0 Å². The lowest BCUT2D eigenvalue weighted by Gasteiger charge is -2.35. The van der Waals surface area contributed by atoms with Crippen molar-refractivity contribution in [2.24, 2.45) is 11.3 Å². The van der Waals surface area contributed by atoms with Crippen LogP contribution in [0.25, 0.3) is 11.1 Å². The number of hydrogen-bond donors (Lipinski definition) is 0. The van der Waals surface area contributed by atoms with Crippen LogP contribution in [0.2, 0.25) is 0 Å². The average Bonchev–Trinajstić information content (AvgIpc) is 2.90. The van der Waals surface area contributed by atoms with Gasteiger partial charge in [0.25, 0.3) is 0 Å². The van der Waals surface area contributed by atoms with Crippen molar-refractivity contribution < 1.29 is 0 Å². The highest BCUT2D eigenvalue weighted by molar-refractivity contribution is 8.16. The van der Waals surface area contributed by atoms with E-state index in [1.807, 2.05) is 0 Å². The number of benzene rings is 2. The van der Waals surface area contributed by atoms with E-state index in [1.165, 1.54) is 65.9 Å². The molecule has 182 valence electrons. The summed E-state index contributed by atoms with van der Waals surface area (Å²) in [5.41, 5.74) is 5.49. The molecule has 0 N–H and O–H groups in total. The van der Waals surface area contributed by atoms with Gasteiger partial charge in [-0.1, -0.05) is 88.1 Å². The van der Waals surface area contributed by atoms with E-state index in [0.29, 0.717) is 10.5 Å². The van der Waals surface area contributed by atoms with E-state index in [2.05, 4.69) is 92.0 Å². The lowest BCUT2D eigenvalue weighted by Crippen LogP contribution is -2.25. The van der Waals surface area contributed by atoms with E-state index in [1.54, 1.807) is 0 Å². The highest BCUT2D eigenvalue weighted by Crippen LogP contribution is 2.47. The van der Waals surface area contributed by atoms with Gasteiger partial charge in [-0.25, -0.2) is 0 Å². The Morgan fingerprint density at radius 3 is 1.94 bits per heavy atom. The molecule has 0 radical (unpaired) electrons.